The van der Waals surface area contributed by atoms with Crippen LogP contribution in [0.3, 0.4) is 0 Å². The molecule has 37 heavy (non-hydrogen) atoms. The van der Waals surface area contributed by atoms with Crippen molar-refractivity contribution < 1.29 is 23.5 Å². The van der Waals surface area contributed by atoms with Gasteiger partial charge in [-0.2, -0.15) is 0 Å². The Labute approximate surface area is 230 Å². The molecule has 11 heteroatoms. The predicted molar refractivity (Wildman–Crippen MR) is 148 cm³/mol. The molecular weight excluding hydrogens is 585 g/mol. The third kappa shape index (κ3) is 6.71. The minimum atomic E-state index is -0.424. The molecule has 190 valence electrons. The summed E-state index contributed by atoms with van der Waals surface area (Å²) in [5.41, 5.74) is 2.61. The fraction of sp³-hybridized carbons (Fsp3) is 0.115. The molecule has 0 bridgehead atoms. The number of amidine groups is 1. The Morgan fingerprint density at radius 3 is 2.73 bits per heavy atom. The summed E-state index contributed by atoms with van der Waals surface area (Å²) in [4.78, 5) is 29.8. The zero-order chi connectivity index (χ0) is 26.5. The summed E-state index contributed by atoms with van der Waals surface area (Å²) in [5, 5.41) is 6.43. The molecule has 4 rings (SSSR count). The normalized spacial score (nSPS) is 15.1. The average Bonchev–Trinajstić information content (AvgIpc) is 3.20. The van der Waals surface area contributed by atoms with E-state index in [1.54, 1.807) is 30.3 Å². The molecule has 1 heterocycles. The lowest BCUT2D eigenvalue weighted by Crippen LogP contribution is -2.20. The number of methoxy groups -OCH3 is 1. The number of aliphatic imine (C=N–C) groups is 1. The highest BCUT2D eigenvalue weighted by Gasteiger charge is 2.24. The lowest BCUT2D eigenvalue weighted by molar-refractivity contribution is -0.118. The Morgan fingerprint density at radius 2 is 2.00 bits per heavy atom. The van der Waals surface area contributed by atoms with Crippen molar-refractivity contribution >= 4 is 73.7 Å². The number of anilines is 1. The van der Waals surface area contributed by atoms with E-state index in [4.69, 9.17) is 21.1 Å². The van der Waals surface area contributed by atoms with Gasteiger partial charge in [-0.1, -0.05) is 17.7 Å². The molecule has 0 atom stereocenters. The standard InChI is InChI=1S/C26H20BrClFN3O4S/c1-14-19(28)4-3-5-20(14)31-26-32-25(34)22(37-26)12-15-10-18(27)24(21(11-15)35-2)36-13-23(33)30-17-8-6-16(29)7-9-17/h3-12H,13H2,1-2H3,(H,30,33)(H,31,32,34)/b22-12+. The summed E-state index contributed by atoms with van der Waals surface area (Å²) in [6, 6.07) is 14.2. The zero-order valence-corrected chi connectivity index (χ0v) is 22.8. The molecule has 7 nitrogen and oxygen atoms in total. The van der Waals surface area contributed by atoms with Crippen molar-refractivity contribution in [2.45, 2.75) is 6.92 Å². The second-order valence-corrected chi connectivity index (χ2v) is 10.0. The van der Waals surface area contributed by atoms with Crippen LogP contribution in [0.5, 0.6) is 11.5 Å². The molecule has 0 spiro atoms. The molecule has 0 aliphatic carbocycles. The van der Waals surface area contributed by atoms with Crippen LogP contribution >= 0.6 is 39.3 Å². The van der Waals surface area contributed by atoms with Crippen molar-refractivity contribution in [2.24, 2.45) is 4.99 Å². The second-order valence-electron chi connectivity index (χ2n) is 7.74. The zero-order valence-electron chi connectivity index (χ0n) is 19.6. The predicted octanol–water partition coefficient (Wildman–Crippen LogP) is 6.47. The molecular formula is C26H20BrClFN3O4S. The molecule has 1 fully saturated rings. The summed E-state index contributed by atoms with van der Waals surface area (Å²) in [6.07, 6.45) is 1.70. The van der Waals surface area contributed by atoms with Crippen LogP contribution < -0.4 is 20.1 Å². The Kier molecular flexibility index (Phi) is 8.52. The Bertz CT molecular complexity index is 1430. The largest absolute Gasteiger partial charge is 0.493 e. The van der Waals surface area contributed by atoms with Crippen LogP contribution in [0.1, 0.15) is 11.1 Å². The molecule has 0 radical (unpaired) electrons. The first-order chi connectivity index (χ1) is 17.7. The SMILES string of the molecule is COc1cc(/C=C2/SC(=Nc3cccc(Cl)c3C)NC2=O)cc(Br)c1OCC(=O)Nc1ccc(F)cc1. The number of rotatable bonds is 7. The van der Waals surface area contributed by atoms with Gasteiger partial charge in [0.2, 0.25) is 0 Å². The highest BCUT2D eigenvalue weighted by atomic mass is 79.9. The van der Waals surface area contributed by atoms with E-state index in [9.17, 15) is 14.0 Å². The van der Waals surface area contributed by atoms with E-state index < -0.39 is 11.7 Å². The number of thioether (sulfide) groups is 1. The van der Waals surface area contributed by atoms with Gasteiger partial charge >= 0.3 is 0 Å². The fourth-order valence-electron chi connectivity index (χ4n) is 3.29. The number of hydrogen-bond donors (Lipinski definition) is 2. The quantitative estimate of drug-likeness (QED) is 0.302. The number of amides is 2. The van der Waals surface area contributed by atoms with Crippen molar-refractivity contribution in [1.29, 1.82) is 0 Å². The highest BCUT2D eigenvalue weighted by molar-refractivity contribution is 9.10. The Hall–Kier alpha value is -3.34. The maximum absolute atomic E-state index is 13.0. The topological polar surface area (TPSA) is 89.0 Å². The molecule has 3 aromatic rings. The smallest absolute Gasteiger partial charge is 0.264 e. The molecule has 3 aromatic carbocycles. The summed E-state index contributed by atoms with van der Waals surface area (Å²) in [5.74, 6) is -0.418. The van der Waals surface area contributed by atoms with E-state index in [1.807, 2.05) is 13.0 Å². The van der Waals surface area contributed by atoms with Crippen molar-refractivity contribution in [2.75, 3.05) is 19.0 Å². The summed E-state index contributed by atoms with van der Waals surface area (Å²) in [6.45, 7) is 1.56. The number of benzene rings is 3. The summed E-state index contributed by atoms with van der Waals surface area (Å²) in [7, 11) is 1.47. The molecule has 1 saturated heterocycles. The van der Waals surface area contributed by atoms with Gasteiger partial charge < -0.3 is 20.1 Å². The van der Waals surface area contributed by atoms with Gasteiger partial charge in [-0.3, -0.25) is 9.59 Å². The Morgan fingerprint density at radius 1 is 1.24 bits per heavy atom. The van der Waals surface area contributed by atoms with E-state index in [1.165, 1.54) is 43.1 Å². The molecule has 0 aromatic heterocycles. The van der Waals surface area contributed by atoms with Gasteiger partial charge in [0.1, 0.15) is 5.82 Å². The van der Waals surface area contributed by atoms with E-state index >= 15 is 0 Å². The number of carbonyl (C=O) groups excluding carboxylic acids is 2. The van der Waals surface area contributed by atoms with Crippen LogP contribution in [0.4, 0.5) is 15.8 Å². The van der Waals surface area contributed by atoms with Crippen LogP contribution in [0.25, 0.3) is 6.08 Å². The molecule has 2 amide bonds. The average molecular weight is 605 g/mol. The number of carbonyl (C=O) groups is 2. The van der Waals surface area contributed by atoms with Gasteiger partial charge in [-0.25, -0.2) is 9.38 Å². The lowest BCUT2D eigenvalue weighted by atomic mass is 10.2. The first-order valence-electron chi connectivity index (χ1n) is 10.8. The van der Waals surface area contributed by atoms with Gasteiger partial charge in [-0.15, -0.1) is 0 Å². The maximum atomic E-state index is 13.0. The summed E-state index contributed by atoms with van der Waals surface area (Å²) < 4.78 is 24.7. The number of nitrogens with one attached hydrogen (secondary N) is 2. The van der Waals surface area contributed by atoms with E-state index in [0.29, 0.717) is 48.0 Å². The minimum absolute atomic E-state index is 0.281. The monoisotopic (exact) mass is 603 g/mol. The van der Waals surface area contributed by atoms with E-state index in [2.05, 4.69) is 31.6 Å². The molecule has 1 aliphatic heterocycles. The summed E-state index contributed by atoms with van der Waals surface area (Å²) >= 11 is 10.8. The number of ether oxygens (including phenoxy) is 2. The van der Waals surface area contributed by atoms with Crippen LogP contribution in [-0.4, -0.2) is 30.7 Å². The third-order valence-corrected chi connectivity index (χ3v) is 7.05. The van der Waals surface area contributed by atoms with Gasteiger partial charge in [-0.05, 0) is 100 Å². The lowest BCUT2D eigenvalue weighted by Gasteiger charge is -2.14. The van der Waals surface area contributed by atoms with Crippen molar-refractivity contribution in [3.8, 4) is 11.5 Å². The first-order valence-corrected chi connectivity index (χ1v) is 12.8. The van der Waals surface area contributed by atoms with Crippen LogP contribution in [0.2, 0.25) is 5.02 Å². The van der Waals surface area contributed by atoms with Gasteiger partial charge in [0, 0.05) is 10.7 Å². The van der Waals surface area contributed by atoms with E-state index in [-0.39, 0.29) is 12.5 Å². The molecule has 0 unspecified atom stereocenters. The highest BCUT2D eigenvalue weighted by Crippen LogP contribution is 2.38. The number of halogens is 3. The Balaban J connectivity index is 1.47. The third-order valence-electron chi connectivity index (χ3n) is 5.14. The van der Waals surface area contributed by atoms with Gasteiger partial charge in [0.15, 0.2) is 23.3 Å². The van der Waals surface area contributed by atoms with E-state index in [0.717, 1.165) is 5.56 Å². The number of hydrogen-bond acceptors (Lipinski definition) is 6. The molecule has 1 aliphatic rings. The second kappa shape index (κ2) is 11.8. The molecule has 2 N–H and O–H groups in total. The maximum Gasteiger partial charge on any atom is 0.264 e. The van der Waals surface area contributed by atoms with Gasteiger partial charge in [0.05, 0.1) is 22.2 Å². The van der Waals surface area contributed by atoms with Crippen LogP contribution in [0, 0.1) is 12.7 Å². The molecule has 0 saturated carbocycles. The van der Waals surface area contributed by atoms with Gasteiger partial charge in [0.25, 0.3) is 11.8 Å². The minimum Gasteiger partial charge on any atom is -0.493 e. The van der Waals surface area contributed by atoms with Crippen molar-refractivity contribution in [3.63, 3.8) is 0 Å². The van der Waals surface area contributed by atoms with Crippen molar-refractivity contribution in [1.82, 2.24) is 5.32 Å². The van der Waals surface area contributed by atoms with Crippen molar-refractivity contribution in [3.05, 3.63) is 85.9 Å². The van der Waals surface area contributed by atoms with Crippen LogP contribution in [0.15, 0.2) is 69.0 Å². The fourth-order valence-corrected chi connectivity index (χ4v) is 4.87. The number of nitrogens with zero attached hydrogens (tertiary/aromatic N) is 1. The van der Waals surface area contributed by atoms with Crippen LogP contribution in [-0.2, 0) is 9.59 Å². The first kappa shape index (κ1) is 26.7.